The Kier molecular flexibility index (Phi) is 4.31. The number of carbonyl (C=O) groups excluding carboxylic acids is 1. The van der Waals surface area contributed by atoms with Crippen LogP contribution in [-0.4, -0.2) is 21.5 Å². The Morgan fingerprint density at radius 1 is 1.39 bits per heavy atom. The summed E-state index contributed by atoms with van der Waals surface area (Å²) in [6.45, 7) is 5.64. The Balaban J connectivity index is 1.65. The normalized spacial score (nSPS) is 13.6. The molecule has 2 aromatic heterocycles. The number of esters is 1. The summed E-state index contributed by atoms with van der Waals surface area (Å²) < 4.78 is 5.33. The SMILES string of the molecule is CC(C)(C)OC(=O)CCc1csc(C2=CCc3ncccc32)n1. The van der Waals surface area contributed by atoms with Crippen LogP contribution >= 0.6 is 11.3 Å². The van der Waals surface area contributed by atoms with Gasteiger partial charge in [-0.1, -0.05) is 12.1 Å². The second kappa shape index (κ2) is 6.24. The molecule has 0 unspecified atom stereocenters. The summed E-state index contributed by atoms with van der Waals surface area (Å²) in [7, 11) is 0. The molecule has 0 saturated heterocycles. The molecule has 1 aliphatic rings. The molecule has 120 valence electrons. The van der Waals surface area contributed by atoms with E-state index in [9.17, 15) is 4.79 Å². The van der Waals surface area contributed by atoms with Crippen molar-refractivity contribution in [2.24, 2.45) is 0 Å². The third-order valence-corrected chi connectivity index (χ3v) is 4.39. The number of aromatic nitrogens is 2. The van der Waals surface area contributed by atoms with E-state index in [4.69, 9.17) is 4.74 Å². The van der Waals surface area contributed by atoms with Crippen molar-refractivity contribution in [2.45, 2.75) is 45.6 Å². The highest BCUT2D eigenvalue weighted by molar-refractivity contribution is 7.10. The minimum Gasteiger partial charge on any atom is -0.460 e. The van der Waals surface area contributed by atoms with Crippen molar-refractivity contribution in [2.75, 3.05) is 0 Å². The van der Waals surface area contributed by atoms with Gasteiger partial charge in [0.05, 0.1) is 17.8 Å². The maximum atomic E-state index is 11.8. The van der Waals surface area contributed by atoms with Gasteiger partial charge in [0.15, 0.2) is 0 Å². The molecule has 0 aromatic carbocycles. The molecule has 0 aliphatic heterocycles. The van der Waals surface area contributed by atoms with Crippen LogP contribution < -0.4 is 0 Å². The molecule has 0 atom stereocenters. The molecule has 1 aliphatic carbocycles. The van der Waals surface area contributed by atoms with E-state index in [0.717, 1.165) is 28.4 Å². The molecule has 5 heteroatoms. The monoisotopic (exact) mass is 328 g/mol. The summed E-state index contributed by atoms with van der Waals surface area (Å²) >= 11 is 1.62. The predicted octanol–water partition coefficient (Wildman–Crippen LogP) is 3.80. The number of fused-ring (bicyclic) bond motifs is 1. The molecule has 23 heavy (non-hydrogen) atoms. The molecular weight excluding hydrogens is 308 g/mol. The van der Waals surface area contributed by atoms with Gasteiger partial charge in [-0.05, 0) is 26.8 Å². The number of ether oxygens (including phenoxy) is 1. The van der Waals surface area contributed by atoms with Crippen molar-refractivity contribution in [1.82, 2.24) is 9.97 Å². The summed E-state index contributed by atoms with van der Waals surface area (Å²) in [6.07, 6.45) is 5.83. The van der Waals surface area contributed by atoms with E-state index in [1.165, 1.54) is 5.56 Å². The molecule has 0 N–H and O–H groups in total. The van der Waals surface area contributed by atoms with E-state index < -0.39 is 5.60 Å². The van der Waals surface area contributed by atoms with Crippen LogP contribution in [0.25, 0.3) is 5.57 Å². The van der Waals surface area contributed by atoms with Crippen LogP contribution in [0.5, 0.6) is 0 Å². The number of thiazole rings is 1. The largest absolute Gasteiger partial charge is 0.460 e. The van der Waals surface area contributed by atoms with Gasteiger partial charge in [-0.3, -0.25) is 9.78 Å². The topological polar surface area (TPSA) is 52.1 Å². The summed E-state index contributed by atoms with van der Waals surface area (Å²) in [6, 6.07) is 4.04. The number of allylic oxidation sites excluding steroid dienone is 1. The first-order valence-corrected chi connectivity index (χ1v) is 8.61. The molecule has 2 aromatic rings. The quantitative estimate of drug-likeness (QED) is 0.801. The lowest BCUT2D eigenvalue weighted by Gasteiger charge is -2.19. The number of pyridine rings is 1. The summed E-state index contributed by atoms with van der Waals surface area (Å²) in [5.41, 5.74) is 3.93. The first-order valence-electron chi connectivity index (χ1n) is 7.73. The number of nitrogens with zero attached hydrogens (tertiary/aromatic N) is 2. The Hall–Kier alpha value is -2.01. The summed E-state index contributed by atoms with van der Waals surface area (Å²) in [5, 5.41) is 3.02. The summed E-state index contributed by atoms with van der Waals surface area (Å²) in [5.74, 6) is -0.179. The number of hydrogen-bond acceptors (Lipinski definition) is 5. The standard InChI is InChI=1S/C18H20N2O2S/c1-18(2,3)22-16(21)9-6-12-11-23-17(20-12)14-7-8-15-13(14)5-4-10-19-15/h4-5,7,10-11H,6,8-9H2,1-3H3. The lowest BCUT2D eigenvalue weighted by Crippen LogP contribution is -2.24. The van der Waals surface area contributed by atoms with Gasteiger partial charge in [0.2, 0.25) is 0 Å². The highest BCUT2D eigenvalue weighted by Gasteiger charge is 2.20. The fourth-order valence-corrected chi connectivity index (χ4v) is 3.43. The number of carbonyl (C=O) groups is 1. The fourth-order valence-electron chi connectivity index (χ4n) is 2.53. The average molecular weight is 328 g/mol. The smallest absolute Gasteiger partial charge is 0.306 e. The molecule has 3 rings (SSSR count). The molecule has 0 fully saturated rings. The molecule has 4 nitrogen and oxygen atoms in total. The van der Waals surface area contributed by atoms with Crippen LogP contribution in [-0.2, 0) is 22.4 Å². The summed E-state index contributed by atoms with van der Waals surface area (Å²) in [4.78, 5) is 20.9. The minimum atomic E-state index is -0.435. The maximum Gasteiger partial charge on any atom is 0.306 e. The van der Waals surface area contributed by atoms with Gasteiger partial charge in [-0.15, -0.1) is 11.3 Å². The van der Waals surface area contributed by atoms with Gasteiger partial charge < -0.3 is 4.74 Å². The van der Waals surface area contributed by atoms with E-state index in [-0.39, 0.29) is 5.97 Å². The van der Waals surface area contributed by atoms with Crippen molar-refractivity contribution < 1.29 is 9.53 Å². The maximum absolute atomic E-state index is 11.8. The minimum absolute atomic E-state index is 0.179. The van der Waals surface area contributed by atoms with Crippen LogP contribution in [0.15, 0.2) is 29.8 Å². The van der Waals surface area contributed by atoms with Crippen molar-refractivity contribution in [3.05, 3.63) is 51.7 Å². The van der Waals surface area contributed by atoms with Crippen LogP contribution in [0.1, 0.15) is 49.2 Å². The van der Waals surface area contributed by atoms with Gasteiger partial charge in [0.25, 0.3) is 0 Å². The fraction of sp³-hybridized carbons (Fsp3) is 0.389. The van der Waals surface area contributed by atoms with E-state index in [2.05, 4.69) is 22.1 Å². The van der Waals surface area contributed by atoms with Crippen molar-refractivity contribution in [1.29, 1.82) is 0 Å². The zero-order valence-electron chi connectivity index (χ0n) is 13.6. The van der Waals surface area contributed by atoms with Gasteiger partial charge in [0.1, 0.15) is 10.6 Å². The highest BCUT2D eigenvalue weighted by Crippen LogP contribution is 2.33. The molecule has 0 spiro atoms. The van der Waals surface area contributed by atoms with Gasteiger partial charge >= 0.3 is 5.97 Å². The Morgan fingerprint density at radius 3 is 3.00 bits per heavy atom. The molecule has 0 saturated carbocycles. The van der Waals surface area contributed by atoms with Crippen molar-refractivity contribution in [3.63, 3.8) is 0 Å². The molecule has 0 amide bonds. The Labute approximate surface area is 140 Å². The van der Waals surface area contributed by atoms with Crippen molar-refractivity contribution >= 4 is 22.9 Å². The van der Waals surface area contributed by atoms with Gasteiger partial charge in [0, 0.05) is 35.6 Å². The molecule has 0 radical (unpaired) electrons. The zero-order chi connectivity index (χ0) is 16.4. The van der Waals surface area contributed by atoms with Crippen molar-refractivity contribution in [3.8, 4) is 0 Å². The van der Waals surface area contributed by atoms with Crippen LogP contribution in [0.3, 0.4) is 0 Å². The second-order valence-electron chi connectivity index (χ2n) is 6.55. The average Bonchev–Trinajstić information content (AvgIpc) is 3.09. The first-order chi connectivity index (χ1) is 10.9. The van der Waals surface area contributed by atoms with E-state index >= 15 is 0 Å². The van der Waals surface area contributed by atoms with Gasteiger partial charge in [-0.25, -0.2) is 4.98 Å². The number of hydrogen-bond donors (Lipinski definition) is 0. The second-order valence-corrected chi connectivity index (χ2v) is 7.41. The third-order valence-electron chi connectivity index (χ3n) is 3.47. The lowest BCUT2D eigenvalue weighted by molar-refractivity contribution is -0.154. The van der Waals surface area contributed by atoms with Gasteiger partial charge in [-0.2, -0.15) is 0 Å². The Bertz CT molecular complexity index is 756. The first kappa shape index (κ1) is 15.9. The Morgan fingerprint density at radius 2 is 2.22 bits per heavy atom. The predicted molar refractivity (Wildman–Crippen MR) is 91.3 cm³/mol. The molecule has 0 bridgehead atoms. The number of rotatable bonds is 4. The van der Waals surface area contributed by atoms with E-state index in [0.29, 0.717) is 12.8 Å². The zero-order valence-corrected chi connectivity index (χ0v) is 14.4. The molecule has 2 heterocycles. The third kappa shape index (κ3) is 3.85. The van der Waals surface area contributed by atoms with E-state index in [1.54, 1.807) is 11.3 Å². The van der Waals surface area contributed by atoms with Crippen LogP contribution in [0.4, 0.5) is 0 Å². The van der Waals surface area contributed by atoms with E-state index in [1.807, 2.05) is 38.4 Å². The molecular formula is C18H20N2O2S. The van der Waals surface area contributed by atoms with Crippen LogP contribution in [0, 0.1) is 0 Å². The lowest BCUT2D eigenvalue weighted by atomic mass is 10.1. The number of aryl methyl sites for hydroxylation is 1. The highest BCUT2D eigenvalue weighted by atomic mass is 32.1. The van der Waals surface area contributed by atoms with Crippen LogP contribution in [0.2, 0.25) is 0 Å².